The molecule has 0 spiro atoms. The van der Waals surface area contributed by atoms with Gasteiger partial charge in [0.25, 0.3) is 5.91 Å². The van der Waals surface area contributed by atoms with Crippen molar-refractivity contribution in [2.24, 2.45) is 10.9 Å². The van der Waals surface area contributed by atoms with E-state index in [9.17, 15) is 9.59 Å². The molecule has 80 valence electrons. The second-order valence-corrected chi connectivity index (χ2v) is 3.40. The maximum atomic E-state index is 10.9. The first-order valence-electron chi connectivity index (χ1n) is 3.86. The first-order valence-corrected chi connectivity index (χ1v) is 4.74. The monoisotopic (exact) mass is 228 g/mol. The molecule has 1 amide bonds. The van der Waals surface area contributed by atoms with Gasteiger partial charge in [0, 0.05) is 0 Å². The fourth-order valence-electron chi connectivity index (χ4n) is 0.777. The number of amides is 1. The molecule has 0 saturated carbocycles. The summed E-state index contributed by atoms with van der Waals surface area (Å²) in [4.78, 5) is 26.0. The Bertz CT molecular complexity index is 385. The summed E-state index contributed by atoms with van der Waals surface area (Å²) in [6, 6.07) is 3.36. The highest BCUT2D eigenvalue weighted by molar-refractivity contribution is 7.13. The van der Waals surface area contributed by atoms with Crippen LogP contribution in [0.15, 0.2) is 22.7 Å². The maximum Gasteiger partial charge on any atom is 0.344 e. The molecule has 1 aromatic rings. The number of rotatable bonds is 5. The highest BCUT2D eigenvalue weighted by atomic mass is 32.1. The van der Waals surface area contributed by atoms with Gasteiger partial charge < -0.3 is 15.7 Å². The predicted molar refractivity (Wildman–Crippen MR) is 53.6 cm³/mol. The maximum absolute atomic E-state index is 10.9. The third-order valence-corrected chi connectivity index (χ3v) is 2.21. The van der Waals surface area contributed by atoms with Crippen LogP contribution in [0, 0.1) is 0 Å². The number of thiophene rings is 1. The van der Waals surface area contributed by atoms with Gasteiger partial charge in [0.1, 0.15) is 0 Å². The first kappa shape index (κ1) is 11.2. The van der Waals surface area contributed by atoms with Crippen LogP contribution in [-0.4, -0.2) is 29.3 Å². The van der Waals surface area contributed by atoms with Crippen molar-refractivity contribution in [2.75, 3.05) is 6.61 Å². The summed E-state index contributed by atoms with van der Waals surface area (Å²) in [6.45, 7) is -0.609. The SMILES string of the molecule is NC(=O)C(=NOCC(=O)O)c1cccs1. The Morgan fingerprint density at radius 1 is 1.60 bits per heavy atom. The number of hydrogen-bond acceptors (Lipinski definition) is 5. The molecule has 6 nitrogen and oxygen atoms in total. The Morgan fingerprint density at radius 2 is 2.33 bits per heavy atom. The van der Waals surface area contributed by atoms with Crippen LogP contribution >= 0.6 is 11.3 Å². The average molecular weight is 228 g/mol. The Balaban J connectivity index is 2.75. The topological polar surface area (TPSA) is 102 Å². The minimum atomic E-state index is -1.17. The summed E-state index contributed by atoms with van der Waals surface area (Å²) >= 11 is 1.26. The quantitative estimate of drug-likeness (QED) is 0.548. The number of carbonyl (C=O) groups excluding carboxylic acids is 1. The lowest BCUT2D eigenvalue weighted by Gasteiger charge is -1.98. The molecular weight excluding hydrogens is 220 g/mol. The van der Waals surface area contributed by atoms with E-state index in [1.165, 1.54) is 11.3 Å². The summed E-state index contributed by atoms with van der Waals surface area (Å²) in [6.07, 6.45) is 0. The van der Waals surface area contributed by atoms with E-state index in [0.717, 1.165) is 0 Å². The van der Waals surface area contributed by atoms with Gasteiger partial charge in [0.15, 0.2) is 5.71 Å². The molecule has 0 atom stereocenters. The zero-order valence-electron chi connectivity index (χ0n) is 7.54. The van der Waals surface area contributed by atoms with E-state index in [0.29, 0.717) is 4.88 Å². The lowest BCUT2D eigenvalue weighted by molar-refractivity contribution is -0.142. The van der Waals surface area contributed by atoms with Crippen LogP contribution in [0.1, 0.15) is 4.88 Å². The van der Waals surface area contributed by atoms with Gasteiger partial charge in [-0.3, -0.25) is 4.79 Å². The standard InChI is InChI=1S/C8H8N2O4S/c9-8(13)7(5-2-1-3-15-5)10-14-4-6(11)12/h1-3H,4H2,(H2,9,13)(H,11,12). The van der Waals surface area contributed by atoms with Crippen LogP contribution in [0.2, 0.25) is 0 Å². The molecular formula is C8H8N2O4S. The van der Waals surface area contributed by atoms with Crippen molar-refractivity contribution in [3.63, 3.8) is 0 Å². The van der Waals surface area contributed by atoms with Crippen LogP contribution in [0.4, 0.5) is 0 Å². The van der Waals surface area contributed by atoms with E-state index in [4.69, 9.17) is 10.8 Å². The fraction of sp³-hybridized carbons (Fsp3) is 0.125. The minimum absolute atomic E-state index is 0.0775. The number of hydrogen-bond donors (Lipinski definition) is 2. The smallest absolute Gasteiger partial charge is 0.344 e. The van der Waals surface area contributed by atoms with Gasteiger partial charge in [-0.15, -0.1) is 11.3 Å². The molecule has 0 aliphatic carbocycles. The summed E-state index contributed by atoms with van der Waals surface area (Å²) < 4.78 is 0. The molecule has 0 radical (unpaired) electrons. The Morgan fingerprint density at radius 3 is 2.80 bits per heavy atom. The van der Waals surface area contributed by atoms with Crippen molar-refractivity contribution >= 4 is 28.9 Å². The molecule has 0 aliphatic rings. The lowest BCUT2D eigenvalue weighted by Crippen LogP contribution is -2.24. The summed E-state index contributed by atoms with van der Waals surface area (Å²) in [5.41, 5.74) is 4.98. The highest BCUT2D eigenvalue weighted by Gasteiger charge is 2.12. The zero-order chi connectivity index (χ0) is 11.3. The van der Waals surface area contributed by atoms with Gasteiger partial charge in [-0.2, -0.15) is 0 Å². The molecule has 0 aromatic carbocycles. The molecule has 15 heavy (non-hydrogen) atoms. The summed E-state index contributed by atoms with van der Waals surface area (Å²) in [5.74, 6) is -1.93. The molecule has 3 N–H and O–H groups in total. The number of oxime groups is 1. The number of nitrogens with two attached hydrogens (primary N) is 1. The minimum Gasteiger partial charge on any atom is -0.479 e. The van der Waals surface area contributed by atoms with Gasteiger partial charge in [0.2, 0.25) is 6.61 Å². The lowest BCUT2D eigenvalue weighted by atomic mass is 10.3. The van der Waals surface area contributed by atoms with Crippen LogP contribution in [0.25, 0.3) is 0 Å². The van der Waals surface area contributed by atoms with E-state index >= 15 is 0 Å². The van der Waals surface area contributed by atoms with Gasteiger partial charge in [0.05, 0.1) is 4.88 Å². The second-order valence-electron chi connectivity index (χ2n) is 2.45. The van der Waals surface area contributed by atoms with Gasteiger partial charge >= 0.3 is 5.97 Å². The number of carboxylic acids is 1. The molecule has 0 bridgehead atoms. The predicted octanol–water partition coefficient (Wildman–Crippen LogP) is 0.0387. The molecule has 0 saturated heterocycles. The number of nitrogens with zero attached hydrogens (tertiary/aromatic N) is 1. The largest absolute Gasteiger partial charge is 0.479 e. The zero-order valence-corrected chi connectivity index (χ0v) is 8.36. The van der Waals surface area contributed by atoms with E-state index in [1.807, 2.05) is 0 Å². The number of aliphatic carboxylic acids is 1. The van der Waals surface area contributed by atoms with Crippen LogP contribution < -0.4 is 5.73 Å². The Kier molecular flexibility index (Phi) is 3.81. The van der Waals surface area contributed by atoms with Crippen molar-refractivity contribution in [3.05, 3.63) is 22.4 Å². The van der Waals surface area contributed by atoms with Gasteiger partial charge in [-0.1, -0.05) is 11.2 Å². The van der Waals surface area contributed by atoms with E-state index in [-0.39, 0.29) is 5.71 Å². The number of primary amides is 1. The van der Waals surface area contributed by atoms with Crippen molar-refractivity contribution in [2.45, 2.75) is 0 Å². The Hall–Kier alpha value is -1.89. The molecule has 0 unspecified atom stereocenters. The number of carboxylic acid groups (broad SMARTS) is 1. The highest BCUT2D eigenvalue weighted by Crippen LogP contribution is 2.10. The molecule has 0 fully saturated rings. The van der Waals surface area contributed by atoms with Crippen molar-refractivity contribution in [1.29, 1.82) is 0 Å². The molecule has 1 rings (SSSR count). The Labute approximate surface area is 89.0 Å². The van der Waals surface area contributed by atoms with Crippen molar-refractivity contribution in [1.82, 2.24) is 0 Å². The summed E-state index contributed by atoms with van der Waals surface area (Å²) in [7, 11) is 0. The molecule has 1 heterocycles. The van der Waals surface area contributed by atoms with Crippen molar-refractivity contribution in [3.8, 4) is 0 Å². The van der Waals surface area contributed by atoms with E-state index in [1.54, 1.807) is 17.5 Å². The van der Waals surface area contributed by atoms with Crippen LogP contribution in [0.5, 0.6) is 0 Å². The number of carbonyl (C=O) groups is 2. The van der Waals surface area contributed by atoms with E-state index < -0.39 is 18.5 Å². The molecule has 0 aliphatic heterocycles. The van der Waals surface area contributed by atoms with Gasteiger partial charge in [-0.05, 0) is 11.4 Å². The van der Waals surface area contributed by atoms with Gasteiger partial charge in [-0.25, -0.2) is 4.79 Å². The van der Waals surface area contributed by atoms with Crippen LogP contribution in [-0.2, 0) is 14.4 Å². The van der Waals surface area contributed by atoms with E-state index in [2.05, 4.69) is 9.99 Å². The third-order valence-electron chi connectivity index (χ3n) is 1.33. The van der Waals surface area contributed by atoms with Crippen molar-refractivity contribution < 1.29 is 19.5 Å². The second kappa shape index (κ2) is 5.11. The normalized spacial score (nSPS) is 11.1. The third kappa shape index (κ3) is 3.39. The fourth-order valence-corrected chi connectivity index (χ4v) is 1.49. The van der Waals surface area contributed by atoms with Crippen LogP contribution in [0.3, 0.4) is 0 Å². The average Bonchev–Trinajstić information content (AvgIpc) is 2.63. The molecule has 7 heteroatoms. The molecule has 1 aromatic heterocycles. The summed E-state index contributed by atoms with van der Waals surface area (Å²) in [5, 5.41) is 13.4. The first-order chi connectivity index (χ1) is 7.11.